The predicted octanol–water partition coefficient (Wildman–Crippen LogP) is 0.826. The van der Waals surface area contributed by atoms with Gasteiger partial charge in [0.2, 0.25) is 10.0 Å². The first-order valence-corrected chi connectivity index (χ1v) is 7.45. The molecule has 0 radical (unpaired) electrons. The molecule has 1 aliphatic heterocycles. The zero-order chi connectivity index (χ0) is 13.3. The number of hydrogen-bond donors (Lipinski definition) is 1. The van der Waals surface area contributed by atoms with E-state index in [4.69, 9.17) is 15.2 Å². The number of nitrogens with two attached hydrogens (primary N) is 1. The van der Waals surface area contributed by atoms with Crippen molar-refractivity contribution in [2.24, 2.45) is 0 Å². The van der Waals surface area contributed by atoms with Crippen LogP contribution in [0.15, 0.2) is 12.1 Å². The number of ether oxygens (including phenoxy) is 2. The van der Waals surface area contributed by atoms with E-state index in [9.17, 15) is 8.42 Å². The van der Waals surface area contributed by atoms with Crippen LogP contribution in [0.5, 0.6) is 11.5 Å². The topological polar surface area (TPSA) is 81.9 Å². The van der Waals surface area contributed by atoms with Gasteiger partial charge in [0, 0.05) is 6.54 Å². The monoisotopic (exact) mass is 272 g/mol. The third-order valence-electron chi connectivity index (χ3n) is 2.65. The number of nitrogen functional groups attached to an aromatic ring is 1. The number of nitrogens with zero attached hydrogens (tertiary/aromatic N) is 1. The highest BCUT2D eigenvalue weighted by molar-refractivity contribution is 7.92. The van der Waals surface area contributed by atoms with Crippen molar-refractivity contribution in [1.29, 1.82) is 0 Å². The van der Waals surface area contributed by atoms with Gasteiger partial charge in [0.15, 0.2) is 11.5 Å². The summed E-state index contributed by atoms with van der Waals surface area (Å²) in [4.78, 5) is 0. The van der Waals surface area contributed by atoms with E-state index in [0.717, 1.165) is 6.26 Å². The lowest BCUT2D eigenvalue weighted by Gasteiger charge is -2.28. The van der Waals surface area contributed by atoms with Gasteiger partial charge in [0.1, 0.15) is 18.9 Å². The average molecular weight is 272 g/mol. The number of rotatable bonds is 3. The molecule has 0 spiro atoms. The van der Waals surface area contributed by atoms with Gasteiger partial charge >= 0.3 is 0 Å². The number of benzene rings is 1. The highest BCUT2D eigenvalue weighted by atomic mass is 32.2. The molecule has 2 rings (SSSR count). The van der Waals surface area contributed by atoms with Crippen LogP contribution in [-0.2, 0) is 10.0 Å². The highest BCUT2D eigenvalue weighted by Crippen LogP contribution is 2.44. The lowest BCUT2D eigenvalue weighted by atomic mass is 10.2. The first kappa shape index (κ1) is 12.8. The van der Waals surface area contributed by atoms with Crippen LogP contribution < -0.4 is 19.5 Å². The van der Waals surface area contributed by atoms with E-state index in [2.05, 4.69) is 0 Å². The van der Waals surface area contributed by atoms with Gasteiger partial charge < -0.3 is 15.2 Å². The summed E-state index contributed by atoms with van der Waals surface area (Å²) < 4.78 is 35.7. The fourth-order valence-electron chi connectivity index (χ4n) is 1.93. The van der Waals surface area contributed by atoms with E-state index < -0.39 is 10.0 Å². The summed E-state index contributed by atoms with van der Waals surface area (Å²) in [6.07, 6.45) is 1.14. The summed E-state index contributed by atoms with van der Waals surface area (Å²) in [7, 11) is -3.41. The van der Waals surface area contributed by atoms with Crippen molar-refractivity contribution in [1.82, 2.24) is 0 Å². The molecule has 0 saturated carbocycles. The molecule has 0 aromatic heterocycles. The van der Waals surface area contributed by atoms with E-state index in [1.807, 2.05) is 0 Å². The molecule has 7 heteroatoms. The standard InChI is InChI=1S/C11H16N2O4S/c1-3-13(18(2,14)15)10-8(12)4-5-9-11(10)17-7-6-16-9/h4-5H,3,6-7,12H2,1-2H3. The van der Waals surface area contributed by atoms with Crippen LogP contribution in [-0.4, -0.2) is 34.4 Å². The normalized spacial score (nSPS) is 14.3. The summed E-state index contributed by atoms with van der Waals surface area (Å²) in [5.74, 6) is 0.918. The molecule has 0 fully saturated rings. The molecule has 6 nitrogen and oxygen atoms in total. The second kappa shape index (κ2) is 4.56. The lowest BCUT2D eigenvalue weighted by Crippen LogP contribution is -2.31. The number of sulfonamides is 1. The molecule has 0 aliphatic carbocycles. The minimum Gasteiger partial charge on any atom is -0.486 e. The summed E-state index contributed by atoms with van der Waals surface area (Å²) in [6, 6.07) is 3.31. The lowest BCUT2D eigenvalue weighted by molar-refractivity contribution is 0.172. The van der Waals surface area contributed by atoms with Crippen molar-refractivity contribution in [3.63, 3.8) is 0 Å². The van der Waals surface area contributed by atoms with Crippen molar-refractivity contribution in [2.75, 3.05) is 36.1 Å². The largest absolute Gasteiger partial charge is 0.486 e. The molecule has 1 aromatic carbocycles. The van der Waals surface area contributed by atoms with Crippen LogP contribution >= 0.6 is 0 Å². The Morgan fingerprint density at radius 3 is 2.61 bits per heavy atom. The minimum atomic E-state index is -3.41. The van der Waals surface area contributed by atoms with Gasteiger partial charge in [0.25, 0.3) is 0 Å². The molecule has 0 saturated heterocycles. The Bertz CT molecular complexity index is 556. The fraction of sp³-hybridized carbons (Fsp3) is 0.455. The van der Waals surface area contributed by atoms with Crippen LogP contribution in [0, 0.1) is 0 Å². The molecule has 0 unspecified atom stereocenters. The predicted molar refractivity (Wildman–Crippen MR) is 69.7 cm³/mol. The van der Waals surface area contributed by atoms with E-state index in [0.29, 0.717) is 36.1 Å². The maximum Gasteiger partial charge on any atom is 0.232 e. The minimum absolute atomic E-state index is 0.281. The SMILES string of the molecule is CCN(c1c(N)ccc2c1OCCO2)S(C)(=O)=O. The Balaban J connectivity index is 2.62. The Morgan fingerprint density at radius 2 is 2.00 bits per heavy atom. The summed E-state index contributed by atoms with van der Waals surface area (Å²) in [5.41, 5.74) is 6.59. The maximum atomic E-state index is 11.8. The first-order chi connectivity index (χ1) is 8.45. The van der Waals surface area contributed by atoms with Gasteiger partial charge in [-0.15, -0.1) is 0 Å². The Hall–Kier alpha value is -1.63. The molecule has 2 N–H and O–H groups in total. The van der Waals surface area contributed by atoms with Crippen molar-refractivity contribution < 1.29 is 17.9 Å². The maximum absolute atomic E-state index is 11.8. The zero-order valence-electron chi connectivity index (χ0n) is 10.3. The molecule has 18 heavy (non-hydrogen) atoms. The summed E-state index contributed by atoms with van der Waals surface area (Å²) >= 11 is 0. The molecule has 1 aliphatic rings. The number of hydrogen-bond acceptors (Lipinski definition) is 5. The van der Waals surface area contributed by atoms with Gasteiger partial charge in [-0.2, -0.15) is 0 Å². The summed E-state index contributed by atoms with van der Waals surface area (Å²) in [5, 5.41) is 0. The molecular formula is C11H16N2O4S. The van der Waals surface area contributed by atoms with Gasteiger partial charge in [0.05, 0.1) is 11.9 Å². The molecule has 100 valence electrons. The molecule has 1 heterocycles. The Labute approximate surface area is 106 Å². The van der Waals surface area contributed by atoms with Crippen molar-refractivity contribution in [3.05, 3.63) is 12.1 Å². The third kappa shape index (κ3) is 2.17. The van der Waals surface area contributed by atoms with Gasteiger partial charge in [-0.1, -0.05) is 0 Å². The van der Waals surface area contributed by atoms with Crippen LogP contribution in [0.3, 0.4) is 0 Å². The first-order valence-electron chi connectivity index (χ1n) is 5.61. The van der Waals surface area contributed by atoms with Crippen molar-refractivity contribution >= 4 is 21.4 Å². The zero-order valence-corrected chi connectivity index (χ0v) is 11.2. The second-order valence-corrected chi connectivity index (χ2v) is 5.86. The van der Waals surface area contributed by atoms with Gasteiger partial charge in [-0.05, 0) is 19.1 Å². The average Bonchev–Trinajstić information content (AvgIpc) is 2.31. The van der Waals surface area contributed by atoms with Gasteiger partial charge in [-0.3, -0.25) is 4.31 Å². The third-order valence-corrected chi connectivity index (χ3v) is 3.89. The van der Waals surface area contributed by atoms with Crippen molar-refractivity contribution in [3.8, 4) is 11.5 Å². The Morgan fingerprint density at radius 1 is 1.33 bits per heavy atom. The molecular weight excluding hydrogens is 256 g/mol. The van der Waals surface area contributed by atoms with Crippen LogP contribution in [0.4, 0.5) is 11.4 Å². The van der Waals surface area contributed by atoms with E-state index in [1.54, 1.807) is 19.1 Å². The quantitative estimate of drug-likeness (QED) is 0.824. The van der Waals surface area contributed by atoms with Crippen molar-refractivity contribution in [2.45, 2.75) is 6.92 Å². The Kier molecular flexibility index (Phi) is 3.25. The highest BCUT2D eigenvalue weighted by Gasteiger charge is 2.26. The number of anilines is 2. The molecule has 0 bridgehead atoms. The summed E-state index contributed by atoms with van der Waals surface area (Å²) in [6.45, 7) is 2.85. The molecule has 0 amide bonds. The van der Waals surface area contributed by atoms with Gasteiger partial charge in [-0.25, -0.2) is 8.42 Å². The van der Waals surface area contributed by atoms with Crippen LogP contribution in [0.1, 0.15) is 6.92 Å². The smallest absolute Gasteiger partial charge is 0.232 e. The molecule has 0 atom stereocenters. The van der Waals surface area contributed by atoms with E-state index in [1.165, 1.54) is 4.31 Å². The van der Waals surface area contributed by atoms with E-state index in [-0.39, 0.29) is 6.54 Å². The van der Waals surface area contributed by atoms with Crippen LogP contribution in [0.2, 0.25) is 0 Å². The second-order valence-electron chi connectivity index (χ2n) is 3.96. The van der Waals surface area contributed by atoms with Crippen LogP contribution in [0.25, 0.3) is 0 Å². The molecule has 1 aromatic rings. The fourth-order valence-corrected chi connectivity index (χ4v) is 2.92. The van der Waals surface area contributed by atoms with E-state index >= 15 is 0 Å². The number of fused-ring (bicyclic) bond motifs is 1.